The van der Waals surface area contributed by atoms with Crippen molar-refractivity contribution in [1.82, 2.24) is 5.32 Å². The van der Waals surface area contributed by atoms with Crippen LogP contribution in [0.5, 0.6) is 5.75 Å². The number of nitriles is 1. The van der Waals surface area contributed by atoms with E-state index in [9.17, 15) is 0 Å². The molecule has 0 amide bonds. The van der Waals surface area contributed by atoms with Crippen LogP contribution >= 0.6 is 0 Å². The fourth-order valence-corrected chi connectivity index (χ4v) is 1.17. The van der Waals surface area contributed by atoms with Crippen molar-refractivity contribution in [2.45, 2.75) is 6.42 Å². The SMILES string of the molecule is COc1ccc(CCNCC#N)cc1. The molecule has 0 aliphatic heterocycles. The Balaban J connectivity index is 2.33. The Labute approximate surface area is 84.3 Å². The molecule has 1 aromatic carbocycles. The highest BCUT2D eigenvalue weighted by Crippen LogP contribution is 2.11. The van der Waals surface area contributed by atoms with Crippen LogP contribution in [0.25, 0.3) is 0 Å². The molecule has 0 aliphatic carbocycles. The van der Waals surface area contributed by atoms with Gasteiger partial charge in [-0.05, 0) is 24.1 Å². The molecule has 0 fully saturated rings. The number of ether oxygens (including phenoxy) is 1. The van der Waals surface area contributed by atoms with Gasteiger partial charge in [0.25, 0.3) is 0 Å². The predicted molar refractivity (Wildman–Crippen MR) is 55.2 cm³/mol. The lowest BCUT2D eigenvalue weighted by Crippen LogP contribution is -2.17. The molecule has 1 N–H and O–H groups in total. The molecule has 74 valence electrons. The van der Waals surface area contributed by atoms with E-state index in [1.165, 1.54) is 5.56 Å². The minimum absolute atomic E-state index is 0.413. The van der Waals surface area contributed by atoms with E-state index in [4.69, 9.17) is 10.00 Å². The zero-order valence-electron chi connectivity index (χ0n) is 8.29. The number of rotatable bonds is 5. The van der Waals surface area contributed by atoms with Crippen molar-refractivity contribution in [2.24, 2.45) is 0 Å². The van der Waals surface area contributed by atoms with Crippen molar-refractivity contribution >= 4 is 0 Å². The highest BCUT2D eigenvalue weighted by molar-refractivity contribution is 5.27. The zero-order valence-corrected chi connectivity index (χ0v) is 8.29. The highest BCUT2D eigenvalue weighted by Gasteiger charge is 1.93. The average molecular weight is 190 g/mol. The summed E-state index contributed by atoms with van der Waals surface area (Å²) in [6, 6.07) is 10.00. The first-order valence-corrected chi connectivity index (χ1v) is 4.57. The molecule has 1 aromatic rings. The molecule has 0 atom stereocenters. The maximum absolute atomic E-state index is 8.30. The molecule has 0 bridgehead atoms. The quantitative estimate of drug-likeness (QED) is 0.563. The second-order valence-electron chi connectivity index (χ2n) is 2.93. The van der Waals surface area contributed by atoms with Crippen molar-refractivity contribution in [3.63, 3.8) is 0 Å². The van der Waals surface area contributed by atoms with Gasteiger partial charge in [0.1, 0.15) is 5.75 Å². The molecule has 0 radical (unpaired) electrons. The Hall–Kier alpha value is -1.53. The van der Waals surface area contributed by atoms with E-state index in [0.29, 0.717) is 6.54 Å². The van der Waals surface area contributed by atoms with E-state index in [-0.39, 0.29) is 0 Å². The maximum Gasteiger partial charge on any atom is 0.118 e. The monoisotopic (exact) mass is 190 g/mol. The minimum atomic E-state index is 0.413. The Bertz CT molecular complexity index is 300. The first-order valence-electron chi connectivity index (χ1n) is 4.57. The fourth-order valence-electron chi connectivity index (χ4n) is 1.17. The van der Waals surface area contributed by atoms with E-state index in [0.717, 1.165) is 18.7 Å². The van der Waals surface area contributed by atoms with Gasteiger partial charge in [-0.15, -0.1) is 0 Å². The van der Waals surface area contributed by atoms with Gasteiger partial charge in [0.05, 0.1) is 19.7 Å². The second-order valence-corrected chi connectivity index (χ2v) is 2.93. The van der Waals surface area contributed by atoms with Crippen LogP contribution in [0.3, 0.4) is 0 Å². The van der Waals surface area contributed by atoms with E-state index in [1.54, 1.807) is 7.11 Å². The molecule has 0 saturated heterocycles. The highest BCUT2D eigenvalue weighted by atomic mass is 16.5. The van der Waals surface area contributed by atoms with Gasteiger partial charge in [-0.1, -0.05) is 12.1 Å². The third kappa shape index (κ3) is 3.46. The van der Waals surface area contributed by atoms with Crippen molar-refractivity contribution in [3.8, 4) is 11.8 Å². The Kier molecular flexibility index (Phi) is 4.53. The minimum Gasteiger partial charge on any atom is -0.497 e. The number of nitrogens with one attached hydrogen (secondary N) is 1. The largest absolute Gasteiger partial charge is 0.497 e. The fraction of sp³-hybridized carbons (Fsp3) is 0.364. The summed E-state index contributed by atoms with van der Waals surface area (Å²) in [4.78, 5) is 0. The summed E-state index contributed by atoms with van der Waals surface area (Å²) in [5, 5.41) is 11.3. The van der Waals surface area contributed by atoms with Crippen molar-refractivity contribution in [3.05, 3.63) is 29.8 Å². The van der Waals surface area contributed by atoms with Gasteiger partial charge >= 0.3 is 0 Å². The molecule has 3 heteroatoms. The number of methoxy groups -OCH3 is 1. The molecule has 0 aromatic heterocycles. The van der Waals surface area contributed by atoms with Crippen molar-refractivity contribution < 1.29 is 4.74 Å². The summed E-state index contributed by atoms with van der Waals surface area (Å²) in [6.07, 6.45) is 0.936. The molecule has 0 unspecified atom stereocenters. The molecular weight excluding hydrogens is 176 g/mol. The molecule has 0 saturated carbocycles. The third-order valence-electron chi connectivity index (χ3n) is 1.95. The van der Waals surface area contributed by atoms with Crippen LogP contribution in [0.15, 0.2) is 24.3 Å². The Morgan fingerprint density at radius 2 is 2.07 bits per heavy atom. The number of benzene rings is 1. The zero-order chi connectivity index (χ0) is 10.2. The average Bonchev–Trinajstić information content (AvgIpc) is 2.25. The maximum atomic E-state index is 8.30. The van der Waals surface area contributed by atoms with E-state index in [1.807, 2.05) is 30.3 Å². The van der Waals surface area contributed by atoms with Crippen molar-refractivity contribution in [2.75, 3.05) is 20.2 Å². The summed E-state index contributed by atoms with van der Waals surface area (Å²) in [5.41, 5.74) is 1.25. The summed E-state index contributed by atoms with van der Waals surface area (Å²) in [7, 11) is 1.66. The van der Waals surface area contributed by atoms with Gasteiger partial charge in [-0.25, -0.2) is 0 Å². The van der Waals surface area contributed by atoms with E-state index < -0.39 is 0 Å². The Morgan fingerprint density at radius 3 is 2.64 bits per heavy atom. The summed E-state index contributed by atoms with van der Waals surface area (Å²) in [6.45, 7) is 1.25. The van der Waals surface area contributed by atoms with Gasteiger partial charge in [-0.3, -0.25) is 0 Å². The summed E-state index contributed by atoms with van der Waals surface area (Å²) >= 11 is 0. The lowest BCUT2D eigenvalue weighted by atomic mass is 10.1. The van der Waals surface area contributed by atoms with Gasteiger partial charge in [0, 0.05) is 6.54 Å². The molecular formula is C11H14N2O. The van der Waals surface area contributed by atoms with E-state index >= 15 is 0 Å². The molecule has 14 heavy (non-hydrogen) atoms. The lowest BCUT2D eigenvalue weighted by Gasteiger charge is -2.03. The summed E-state index contributed by atoms with van der Waals surface area (Å²) < 4.78 is 5.05. The molecule has 0 aliphatic rings. The van der Waals surface area contributed by atoms with Gasteiger partial charge in [0.15, 0.2) is 0 Å². The molecule has 3 nitrogen and oxygen atoms in total. The van der Waals surface area contributed by atoms with Gasteiger partial charge in [0.2, 0.25) is 0 Å². The van der Waals surface area contributed by atoms with Crippen LogP contribution in [0.4, 0.5) is 0 Å². The Morgan fingerprint density at radius 1 is 1.36 bits per heavy atom. The first-order chi connectivity index (χ1) is 6.86. The van der Waals surface area contributed by atoms with Crippen LogP contribution in [-0.2, 0) is 6.42 Å². The van der Waals surface area contributed by atoms with Crippen LogP contribution in [-0.4, -0.2) is 20.2 Å². The van der Waals surface area contributed by atoms with Crippen LogP contribution < -0.4 is 10.1 Å². The van der Waals surface area contributed by atoms with E-state index in [2.05, 4.69) is 5.32 Å². The number of hydrogen-bond donors (Lipinski definition) is 1. The smallest absolute Gasteiger partial charge is 0.118 e. The standard InChI is InChI=1S/C11H14N2O/c1-14-11-4-2-10(3-5-11)6-8-13-9-7-12/h2-5,13H,6,8-9H2,1H3. The normalized spacial score (nSPS) is 9.43. The number of hydrogen-bond acceptors (Lipinski definition) is 3. The molecule has 0 spiro atoms. The first kappa shape index (κ1) is 10.6. The number of nitrogens with zero attached hydrogens (tertiary/aromatic N) is 1. The van der Waals surface area contributed by atoms with Crippen LogP contribution in [0.2, 0.25) is 0 Å². The second kappa shape index (κ2) is 6.01. The molecule has 1 rings (SSSR count). The van der Waals surface area contributed by atoms with Crippen LogP contribution in [0.1, 0.15) is 5.56 Å². The van der Waals surface area contributed by atoms with Gasteiger partial charge in [-0.2, -0.15) is 5.26 Å². The topological polar surface area (TPSA) is 45.0 Å². The van der Waals surface area contributed by atoms with Crippen molar-refractivity contribution in [1.29, 1.82) is 5.26 Å². The van der Waals surface area contributed by atoms with Gasteiger partial charge < -0.3 is 10.1 Å². The van der Waals surface area contributed by atoms with Crippen LogP contribution in [0, 0.1) is 11.3 Å². The third-order valence-corrected chi connectivity index (χ3v) is 1.95. The molecule has 0 heterocycles. The lowest BCUT2D eigenvalue weighted by molar-refractivity contribution is 0.414. The predicted octanol–water partition coefficient (Wildman–Crippen LogP) is 1.35. The summed E-state index contributed by atoms with van der Waals surface area (Å²) in [5.74, 6) is 0.874.